The van der Waals surface area contributed by atoms with Crippen molar-refractivity contribution in [1.82, 2.24) is 9.80 Å². The summed E-state index contributed by atoms with van der Waals surface area (Å²) in [6.07, 6.45) is 0. The molecule has 0 fully saturated rings. The molecule has 5 nitrogen and oxygen atoms in total. The lowest BCUT2D eigenvalue weighted by molar-refractivity contribution is -0.129. The molecule has 0 aliphatic carbocycles. The van der Waals surface area contributed by atoms with Crippen molar-refractivity contribution in [2.45, 2.75) is 13.5 Å². The van der Waals surface area contributed by atoms with E-state index < -0.39 is 0 Å². The number of likely N-dealkylation sites (N-methyl/N-ethyl adjacent to an activating group) is 2. The number of phenols is 1. The number of hydrogen-bond acceptors (Lipinski definition) is 4. The molecule has 0 aliphatic heterocycles. The molecular weight excluding hydrogens is 244 g/mol. The molecule has 19 heavy (non-hydrogen) atoms. The van der Waals surface area contributed by atoms with Crippen molar-refractivity contribution in [2.75, 3.05) is 34.3 Å². The minimum atomic E-state index is 0.0614. The zero-order chi connectivity index (χ0) is 14.4. The fraction of sp³-hybridized carbons (Fsp3) is 0.500. The summed E-state index contributed by atoms with van der Waals surface area (Å²) in [6.45, 7) is 3.36. The van der Waals surface area contributed by atoms with E-state index in [1.165, 1.54) is 0 Å². The van der Waals surface area contributed by atoms with Crippen LogP contribution in [0.3, 0.4) is 0 Å². The average Bonchev–Trinajstić information content (AvgIpc) is 2.33. The van der Waals surface area contributed by atoms with Gasteiger partial charge in [0.05, 0.1) is 13.2 Å². The Morgan fingerprint density at radius 1 is 1.32 bits per heavy atom. The first kappa shape index (κ1) is 15.3. The van der Waals surface area contributed by atoms with E-state index in [2.05, 4.69) is 0 Å². The monoisotopic (exact) mass is 266 g/mol. The van der Waals surface area contributed by atoms with E-state index in [4.69, 9.17) is 4.74 Å². The third kappa shape index (κ3) is 4.79. The molecule has 0 radical (unpaired) electrons. The molecular formula is C14H22N2O3. The Kier molecular flexibility index (Phi) is 5.63. The minimum Gasteiger partial charge on any atom is -0.504 e. The number of ether oxygens (including phenoxy) is 1. The molecule has 0 saturated heterocycles. The molecule has 0 bridgehead atoms. The van der Waals surface area contributed by atoms with Crippen LogP contribution in [0.1, 0.15) is 12.5 Å². The maximum atomic E-state index is 11.6. The molecule has 0 aromatic heterocycles. The van der Waals surface area contributed by atoms with Crippen molar-refractivity contribution in [1.29, 1.82) is 0 Å². The fourth-order valence-electron chi connectivity index (χ4n) is 1.67. The van der Waals surface area contributed by atoms with E-state index in [0.29, 0.717) is 25.4 Å². The number of benzene rings is 1. The predicted octanol–water partition coefficient (Wildman–Crippen LogP) is 1.31. The highest BCUT2D eigenvalue weighted by atomic mass is 16.5. The van der Waals surface area contributed by atoms with Crippen molar-refractivity contribution in [3.05, 3.63) is 23.8 Å². The first-order valence-electron chi connectivity index (χ1n) is 6.27. The maximum Gasteiger partial charge on any atom is 0.236 e. The second kappa shape index (κ2) is 6.99. The molecule has 0 spiro atoms. The Bertz CT molecular complexity index is 433. The Morgan fingerprint density at radius 3 is 2.58 bits per heavy atom. The summed E-state index contributed by atoms with van der Waals surface area (Å²) in [5.41, 5.74) is 0.996. The van der Waals surface area contributed by atoms with Gasteiger partial charge in [-0.05, 0) is 31.7 Å². The zero-order valence-electron chi connectivity index (χ0n) is 12.0. The third-order valence-corrected chi connectivity index (χ3v) is 2.68. The number of carbonyl (C=O) groups excluding carboxylic acids is 1. The Hall–Kier alpha value is -1.75. The molecule has 5 heteroatoms. The van der Waals surface area contributed by atoms with Gasteiger partial charge in [0.15, 0.2) is 11.5 Å². The van der Waals surface area contributed by atoms with Gasteiger partial charge in [0.2, 0.25) is 5.91 Å². The summed E-state index contributed by atoms with van der Waals surface area (Å²) >= 11 is 0. The fourth-order valence-corrected chi connectivity index (χ4v) is 1.67. The first-order chi connectivity index (χ1) is 8.93. The van der Waals surface area contributed by atoms with Gasteiger partial charge < -0.3 is 14.7 Å². The number of aromatic hydroxyl groups is 1. The standard InChI is InChI=1S/C14H22N2O3/c1-5-19-13-8-11(6-7-12(13)17)9-16(4)10-14(18)15(2)3/h6-8,17H,5,9-10H2,1-4H3. The summed E-state index contributed by atoms with van der Waals surface area (Å²) in [6, 6.07) is 5.24. The second-order valence-corrected chi connectivity index (χ2v) is 4.70. The van der Waals surface area contributed by atoms with Crippen LogP contribution in [-0.2, 0) is 11.3 Å². The van der Waals surface area contributed by atoms with Crippen molar-refractivity contribution in [2.24, 2.45) is 0 Å². The highest BCUT2D eigenvalue weighted by Crippen LogP contribution is 2.27. The smallest absolute Gasteiger partial charge is 0.236 e. The lowest BCUT2D eigenvalue weighted by Crippen LogP contribution is -2.34. The van der Waals surface area contributed by atoms with Crippen LogP contribution < -0.4 is 4.74 Å². The highest BCUT2D eigenvalue weighted by Gasteiger charge is 2.10. The number of phenolic OH excluding ortho intramolecular Hbond substituents is 1. The van der Waals surface area contributed by atoms with Gasteiger partial charge in [-0.2, -0.15) is 0 Å². The molecule has 0 unspecified atom stereocenters. The van der Waals surface area contributed by atoms with Gasteiger partial charge in [0.1, 0.15) is 0 Å². The van der Waals surface area contributed by atoms with Gasteiger partial charge in [-0.25, -0.2) is 0 Å². The van der Waals surface area contributed by atoms with Crippen molar-refractivity contribution >= 4 is 5.91 Å². The number of carbonyl (C=O) groups is 1. The van der Waals surface area contributed by atoms with Crippen LogP contribution in [0.25, 0.3) is 0 Å². The SMILES string of the molecule is CCOc1cc(CN(C)CC(=O)N(C)C)ccc1O. The molecule has 1 amide bonds. The highest BCUT2D eigenvalue weighted by molar-refractivity contribution is 5.77. The van der Waals surface area contributed by atoms with Crippen molar-refractivity contribution in [3.63, 3.8) is 0 Å². The van der Waals surface area contributed by atoms with Crippen LogP contribution in [0.15, 0.2) is 18.2 Å². The lowest BCUT2D eigenvalue weighted by atomic mass is 10.2. The first-order valence-corrected chi connectivity index (χ1v) is 6.27. The van der Waals surface area contributed by atoms with Crippen LogP contribution in [-0.4, -0.2) is 55.1 Å². The van der Waals surface area contributed by atoms with E-state index >= 15 is 0 Å². The van der Waals surface area contributed by atoms with E-state index in [-0.39, 0.29) is 11.7 Å². The summed E-state index contributed by atoms with van der Waals surface area (Å²) in [5.74, 6) is 0.677. The van der Waals surface area contributed by atoms with E-state index in [9.17, 15) is 9.90 Å². The second-order valence-electron chi connectivity index (χ2n) is 4.70. The van der Waals surface area contributed by atoms with Crippen LogP contribution in [0.2, 0.25) is 0 Å². The van der Waals surface area contributed by atoms with E-state index in [1.807, 2.05) is 24.9 Å². The molecule has 1 aromatic carbocycles. The van der Waals surface area contributed by atoms with Gasteiger partial charge in [-0.15, -0.1) is 0 Å². The molecule has 1 N–H and O–H groups in total. The topological polar surface area (TPSA) is 53.0 Å². The summed E-state index contributed by atoms with van der Waals surface area (Å²) in [4.78, 5) is 15.1. The predicted molar refractivity (Wildman–Crippen MR) is 74.3 cm³/mol. The van der Waals surface area contributed by atoms with Gasteiger partial charge in [0.25, 0.3) is 0 Å². The Balaban J connectivity index is 2.66. The number of rotatable bonds is 6. The van der Waals surface area contributed by atoms with Crippen LogP contribution in [0, 0.1) is 0 Å². The summed E-state index contributed by atoms with van der Waals surface area (Å²) in [7, 11) is 5.36. The van der Waals surface area contributed by atoms with Crippen LogP contribution in [0.5, 0.6) is 11.5 Å². The van der Waals surface area contributed by atoms with Gasteiger partial charge in [-0.3, -0.25) is 9.69 Å². The molecule has 1 rings (SSSR count). The molecule has 0 aliphatic rings. The largest absolute Gasteiger partial charge is 0.504 e. The Morgan fingerprint density at radius 2 is 2.00 bits per heavy atom. The van der Waals surface area contributed by atoms with Gasteiger partial charge in [0, 0.05) is 20.6 Å². The van der Waals surface area contributed by atoms with Gasteiger partial charge >= 0.3 is 0 Å². The van der Waals surface area contributed by atoms with Crippen molar-refractivity contribution < 1.29 is 14.6 Å². The normalized spacial score (nSPS) is 10.6. The quantitative estimate of drug-likeness (QED) is 0.843. The van der Waals surface area contributed by atoms with Gasteiger partial charge in [-0.1, -0.05) is 6.07 Å². The maximum absolute atomic E-state index is 11.6. The number of hydrogen-bond donors (Lipinski definition) is 1. The van der Waals surface area contributed by atoms with Crippen LogP contribution in [0.4, 0.5) is 0 Å². The average molecular weight is 266 g/mol. The minimum absolute atomic E-state index is 0.0614. The molecule has 1 aromatic rings. The number of nitrogens with zero attached hydrogens (tertiary/aromatic N) is 2. The van der Waals surface area contributed by atoms with E-state index in [1.54, 1.807) is 31.1 Å². The summed E-state index contributed by atoms with van der Waals surface area (Å²) in [5, 5.41) is 9.62. The van der Waals surface area contributed by atoms with Crippen molar-refractivity contribution in [3.8, 4) is 11.5 Å². The van der Waals surface area contributed by atoms with Crippen LogP contribution >= 0.6 is 0 Å². The molecule has 106 valence electrons. The lowest BCUT2D eigenvalue weighted by Gasteiger charge is -2.19. The zero-order valence-corrected chi connectivity index (χ0v) is 12.0. The molecule has 0 saturated carbocycles. The van der Waals surface area contributed by atoms with E-state index in [0.717, 1.165) is 5.56 Å². The third-order valence-electron chi connectivity index (χ3n) is 2.68. The molecule has 0 atom stereocenters. The molecule has 0 heterocycles. The number of amides is 1. The summed E-state index contributed by atoms with van der Waals surface area (Å²) < 4.78 is 5.33. The Labute approximate surface area is 114 Å².